The van der Waals surface area contributed by atoms with Crippen LogP contribution in [0, 0.1) is 6.92 Å². The van der Waals surface area contributed by atoms with Crippen molar-refractivity contribution in [3.05, 3.63) is 29.3 Å². The first-order chi connectivity index (χ1) is 11.2. The topological polar surface area (TPSA) is 53.6 Å². The molecule has 2 N–H and O–H groups in total. The summed E-state index contributed by atoms with van der Waals surface area (Å²) in [5, 5.41) is 5.80. The first-order valence-electron chi connectivity index (χ1n) is 8.13. The van der Waals surface area contributed by atoms with E-state index in [0.29, 0.717) is 13.2 Å². The lowest BCUT2D eigenvalue weighted by Crippen LogP contribution is -2.32. The van der Waals surface area contributed by atoms with Crippen LogP contribution in [0.3, 0.4) is 0 Å². The number of carbonyl (C=O) groups excluding carboxylic acids is 1. The second kappa shape index (κ2) is 9.80. The molecule has 1 aromatic carbocycles. The normalized spacial score (nSPS) is 15.4. The number of methoxy groups -OCH3 is 1. The molecule has 1 saturated heterocycles. The lowest BCUT2D eigenvalue weighted by Gasteiger charge is -2.27. The maximum Gasteiger partial charge on any atom is 0.319 e. The van der Waals surface area contributed by atoms with E-state index in [1.165, 1.54) is 17.1 Å². The van der Waals surface area contributed by atoms with Crippen LogP contribution in [0.2, 0.25) is 0 Å². The van der Waals surface area contributed by atoms with Crippen molar-refractivity contribution in [3.8, 4) is 0 Å². The molecule has 0 unspecified atom stereocenters. The van der Waals surface area contributed by atoms with Gasteiger partial charge in [-0.1, -0.05) is 12.1 Å². The number of hydrogen-bond donors (Lipinski definition) is 2. The van der Waals surface area contributed by atoms with Crippen LogP contribution in [0.5, 0.6) is 0 Å². The summed E-state index contributed by atoms with van der Waals surface area (Å²) in [7, 11) is 1.66. The molecular weight excluding hydrogens is 310 g/mol. The zero-order valence-corrected chi connectivity index (χ0v) is 14.9. The number of nitrogens with zero attached hydrogens (tertiary/aromatic N) is 1. The summed E-state index contributed by atoms with van der Waals surface area (Å²) in [4.78, 5) is 14.4. The number of thioether (sulfide) groups is 1. The van der Waals surface area contributed by atoms with Crippen LogP contribution in [-0.4, -0.2) is 55.8 Å². The number of amides is 2. The summed E-state index contributed by atoms with van der Waals surface area (Å²) in [5.74, 6) is 2.42. The zero-order valence-electron chi connectivity index (χ0n) is 14.1. The molecule has 6 heteroatoms. The summed E-state index contributed by atoms with van der Waals surface area (Å²) in [6, 6.07) is 5.97. The van der Waals surface area contributed by atoms with Crippen molar-refractivity contribution in [1.29, 1.82) is 0 Å². The average Bonchev–Trinajstić information content (AvgIpc) is 2.56. The largest absolute Gasteiger partial charge is 0.385 e. The van der Waals surface area contributed by atoms with E-state index in [4.69, 9.17) is 4.74 Å². The third kappa shape index (κ3) is 6.05. The van der Waals surface area contributed by atoms with E-state index < -0.39 is 0 Å². The summed E-state index contributed by atoms with van der Waals surface area (Å²) < 4.78 is 4.97. The molecule has 0 aliphatic carbocycles. The van der Waals surface area contributed by atoms with Gasteiger partial charge in [0, 0.05) is 57.1 Å². The number of carbonyl (C=O) groups is 1. The van der Waals surface area contributed by atoms with Crippen LogP contribution < -0.4 is 10.6 Å². The minimum atomic E-state index is -0.157. The number of anilines is 1. The first kappa shape index (κ1) is 18.1. The van der Waals surface area contributed by atoms with E-state index in [2.05, 4.69) is 28.5 Å². The van der Waals surface area contributed by atoms with Gasteiger partial charge in [-0.2, -0.15) is 11.8 Å². The molecule has 5 nitrogen and oxygen atoms in total. The van der Waals surface area contributed by atoms with E-state index in [9.17, 15) is 4.79 Å². The molecule has 0 atom stereocenters. The monoisotopic (exact) mass is 337 g/mol. The van der Waals surface area contributed by atoms with E-state index in [1.54, 1.807) is 7.11 Å². The van der Waals surface area contributed by atoms with Crippen LogP contribution in [-0.2, 0) is 11.3 Å². The van der Waals surface area contributed by atoms with Gasteiger partial charge >= 0.3 is 6.03 Å². The number of benzene rings is 1. The molecule has 0 aromatic heterocycles. The van der Waals surface area contributed by atoms with Crippen molar-refractivity contribution in [1.82, 2.24) is 10.2 Å². The second-order valence-electron chi connectivity index (χ2n) is 5.71. The Bertz CT molecular complexity index is 505. The van der Waals surface area contributed by atoms with Gasteiger partial charge in [0.25, 0.3) is 0 Å². The summed E-state index contributed by atoms with van der Waals surface area (Å²) in [6.07, 6.45) is 0.815. The molecule has 0 spiro atoms. The molecule has 1 aliphatic rings. The van der Waals surface area contributed by atoms with E-state index in [-0.39, 0.29) is 6.03 Å². The Morgan fingerprint density at radius 2 is 2.13 bits per heavy atom. The average molecular weight is 337 g/mol. The fourth-order valence-corrected chi connectivity index (χ4v) is 3.55. The molecule has 1 heterocycles. The van der Waals surface area contributed by atoms with Crippen LogP contribution in [0.4, 0.5) is 10.5 Å². The molecule has 128 valence electrons. The number of urea groups is 1. The molecule has 2 amide bonds. The van der Waals surface area contributed by atoms with Crippen molar-refractivity contribution in [2.24, 2.45) is 0 Å². The molecule has 1 fully saturated rings. The van der Waals surface area contributed by atoms with Crippen molar-refractivity contribution in [2.75, 3.05) is 50.2 Å². The number of nitrogens with one attached hydrogen (secondary N) is 2. The Morgan fingerprint density at radius 3 is 2.87 bits per heavy atom. The summed E-state index contributed by atoms with van der Waals surface area (Å²) in [5.41, 5.74) is 3.32. The predicted octanol–water partition coefficient (Wildman–Crippen LogP) is 2.70. The van der Waals surface area contributed by atoms with E-state index in [0.717, 1.165) is 37.3 Å². The van der Waals surface area contributed by atoms with Gasteiger partial charge < -0.3 is 15.4 Å². The summed E-state index contributed by atoms with van der Waals surface area (Å²) in [6.45, 7) is 6.59. The standard InChI is InChI=1S/C17H27N3O2S/c1-14-15(13-20-8-11-23-12-9-20)5-3-6-16(14)19-17(21)18-7-4-10-22-2/h3,5-6H,4,7-13H2,1-2H3,(H2,18,19,21). The Balaban J connectivity index is 1.89. The fraction of sp³-hybridized carbons (Fsp3) is 0.588. The predicted molar refractivity (Wildman–Crippen MR) is 97.3 cm³/mol. The van der Waals surface area contributed by atoms with Gasteiger partial charge in [-0.25, -0.2) is 4.79 Å². The van der Waals surface area contributed by atoms with Gasteiger partial charge in [0.05, 0.1) is 0 Å². The number of ether oxygens (including phenoxy) is 1. The highest BCUT2D eigenvalue weighted by Gasteiger charge is 2.13. The van der Waals surface area contributed by atoms with Crippen molar-refractivity contribution in [3.63, 3.8) is 0 Å². The van der Waals surface area contributed by atoms with Crippen molar-refractivity contribution >= 4 is 23.5 Å². The lowest BCUT2D eigenvalue weighted by molar-refractivity contribution is 0.194. The van der Waals surface area contributed by atoms with E-state index in [1.807, 2.05) is 23.9 Å². The maximum atomic E-state index is 12.0. The van der Waals surface area contributed by atoms with Crippen LogP contribution in [0.1, 0.15) is 17.5 Å². The molecule has 0 saturated carbocycles. The van der Waals surface area contributed by atoms with Gasteiger partial charge in [-0.15, -0.1) is 0 Å². The zero-order chi connectivity index (χ0) is 16.5. The van der Waals surface area contributed by atoms with Gasteiger partial charge in [0.15, 0.2) is 0 Å². The Morgan fingerprint density at radius 1 is 1.35 bits per heavy atom. The van der Waals surface area contributed by atoms with E-state index >= 15 is 0 Å². The lowest BCUT2D eigenvalue weighted by atomic mass is 10.1. The Labute approximate surface area is 143 Å². The number of rotatable bonds is 7. The minimum absolute atomic E-state index is 0.157. The van der Waals surface area contributed by atoms with Crippen LogP contribution in [0.15, 0.2) is 18.2 Å². The molecule has 1 aromatic rings. The van der Waals surface area contributed by atoms with Gasteiger partial charge in [0.2, 0.25) is 0 Å². The Hall–Kier alpha value is -1.24. The van der Waals surface area contributed by atoms with Crippen LogP contribution in [0.25, 0.3) is 0 Å². The third-order valence-electron chi connectivity index (χ3n) is 4.00. The summed E-state index contributed by atoms with van der Waals surface area (Å²) >= 11 is 2.02. The fourth-order valence-electron chi connectivity index (χ4n) is 2.58. The van der Waals surface area contributed by atoms with Crippen molar-refractivity contribution < 1.29 is 9.53 Å². The minimum Gasteiger partial charge on any atom is -0.385 e. The SMILES string of the molecule is COCCCNC(=O)Nc1cccc(CN2CCSCC2)c1C. The van der Waals surface area contributed by atoms with Gasteiger partial charge in [-0.3, -0.25) is 4.90 Å². The highest BCUT2D eigenvalue weighted by molar-refractivity contribution is 7.99. The number of hydrogen-bond acceptors (Lipinski definition) is 4. The molecule has 0 radical (unpaired) electrons. The second-order valence-corrected chi connectivity index (χ2v) is 6.93. The highest BCUT2D eigenvalue weighted by Crippen LogP contribution is 2.21. The van der Waals surface area contributed by atoms with Crippen LogP contribution >= 0.6 is 11.8 Å². The van der Waals surface area contributed by atoms with Gasteiger partial charge in [-0.05, 0) is 30.5 Å². The highest BCUT2D eigenvalue weighted by atomic mass is 32.2. The van der Waals surface area contributed by atoms with Gasteiger partial charge in [0.1, 0.15) is 0 Å². The quantitative estimate of drug-likeness (QED) is 0.751. The first-order valence-corrected chi connectivity index (χ1v) is 9.28. The molecule has 0 bridgehead atoms. The maximum absolute atomic E-state index is 12.0. The Kier molecular flexibility index (Phi) is 7.71. The molecule has 2 rings (SSSR count). The third-order valence-corrected chi connectivity index (χ3v) is 4.95. The van der Waals surface area contributed by atoms with Crippen molar-refractivity contribution in [2.45, 2.75) is 19.9 Å². The smallest absolute Gasteiger partial charge is 0.319 e. The molecule has 1 aliphatic heterocycles. The molecule has 23 heavy (non-hydrogen) atoms. The molecular formula is C17H27N3O2S.